The topological polar surface area (TPSA) is 35.5 Å². The molecule has 0 saturated heterocycles. The highest BCUT2D eigenvalue weighted by molar-refractivity contribution is 5.87. The van der Waals surface area contributed by atoms with Crippen molar-refractivity contribution in [2.45, 2.75) is 20.8 Å². The Balaban J connectivity index is 2.52. The van der Waals surface area contributed by atoms with Gasteiger partial charge in [-0.2, -0.15) is 0 Å². The minimum atomic E-state index is -0.327. The Kier molecular flexibility index (Phi) is 6.44. The summed E-state index contributed by atoms with van der Waals surface area (Å²) in [5.41, 5.74) is 2.16. The summed E-state index contributed by atoms with van der Waals surface area (Å²) in [6, 6.07) is 7.55. The molecule has 0 amide bonds. The van der Waals surface area contributed by atoms with Gasteiger partial charge in [-0.15, -0.1) is 0 Å². The molecule has 0 aliphatic heterocycles. The number of hydrogen-bond donors (Lipinski definition) is 0. The Bertz CT molecular complexity index is 451. The van der Waals surface area contributed by atoms with E-state index in [4.69, 9.17) is 9.47 Å². The predicted octanol–water partition coefficient (Wildman–Crippen LogP) is 3.61. The molecule has 0 radical (unpaired) electrons. The van der Waals surface area contributed by atoms with E-state index in [0.717, 1.165) is 11.3 Å². The van der Waals surface area contributed by atoms with Gasteiger partial charge in [0.1, 0.15) is 12.4 Å². The van der Waals surface area contributed by atoms with Crippen molar-refractivity contribution >= 4 is 12.0 Å². The Morgan fingerprint density at radius 1 is 1.21 bits per heavy atom. The van der Waals surface area contributed by atoms with Gasteiger partial charge in [0.2, 0.25) is 0 Å². The second-order valence-corrected chi connectivity index (χ2v) is 4.25. The van der Waals surface area contributed by atoms with Crippen LogP contribution in [0.1, 0.15) is 26.3 Å². The molecule has 0 saturated carbocycles. The van der Waals surface area contributed by atoms with Gasteiger partial charge in [-0.25, -0.2) is 4.79 Å². The number of ether oxygens (including phenoxy) is 2. The van der Waals surface area contributed by atoms with Crippen molar-refractivity contribution in [2.24, 2.45) is 0 Å². The van der Waals surface area contributed by atoms with Crippen molar-refractivity contribution in [3.05, 3.63) is 47.6 Å². The van der Waals surface area contributed by atoms with E-state index in [1.165, 1.54) is 11.6 Å². The lowest BCUT2D eigenvalue weighted by Crippen LogP contribution is -1.98. The minimum absolute atomic E-state index is 0.327. The van der Waals surface area contributed by atoms with Crippen LogP contribution in [0, 0.1) is 0 Å². The van der Waals surface area contributed by atoms with E-state index in [1.54, 1.807) is 13.0 Å². The monoisotopic (exact) mass is 260 g/mol. The maximum Gasteiger partial charge on any atom is 0.330 e. The van der Waals surface area contributed by atoms with Gasteiger partial charge in [-0.05, 0) is 50.6 Å². The molecule has 3 nitrogen and oxygen atoms in total. The molecule has 0 aliphatic carbocycles. The van der Waals surface area contributed by atoms with Gasteiger partial charge in [0, 0.05) is 6.08 Å². The molecule has 0 fully saturated rings. The van der Waals surface area contributed by atoms with Crippen LogP contribution in [0.5, 0.6) is 5.75 Å². The second kappa shape index (κ2) is 8.14. The summed E-state index contributed by atoms with van der Waals surface area (Å²) in [4.78, 5) is 11.1. The van der Waals surface area contributed by atoms with Crippen LogP contribution in [0.25, 0.3) is 6.08 Å². The molecule has 0 heterocycles. The average Bonchev–Trinajstić information content (AvgIpc) is 2.38. The molecule has 3 heteroatoms. The molecule has 1 rings (SSSR count). The predicted molar refractivity (Wildman–Crippen MR) is 77.0 cm³/mol. The lowest BCUT2D eigenvalue weighted by atomic mass is 10.2. The summed E-state index contributed by atoms with van der Waals surface area (Å²) in [6.45, 7) is 6.81. The molecule has 0 bridgehead atoms. The van der Waals surface area contributed by atoms with Crippen LogP contribution >= 0.6 is 0 Å². The van der Waals surface area contributed by atoms with Gasteiger partial charge in [0.25, 0.3) is 0 Å². The molecular weight excluding hydrogens is 240 g/mol. The van der Waals surface area contributed by atoms with Crippen LogP contribution in [-0.4, -0.2) is 19.2 Å². The first-order valence-electron chi connectivity index (χ1n) is 6.33. The Hall–Kier alpha value is -2.03. The first-order valence-corrected chi connectivity index (χ1v) is 6.33. The zero-order valence-electron chi connectivity index (χ0n) is 11.7. The van der Waals surface area contributed by atoms with E-state index >= 15 is 0 Å². The largest absolute Gasteiger partial charge is 0.490 e. The summed E-state index contributed by atoms with van der Waals surface area (Å²) >= 11 is 0. The van der Waals surface area contributed by atoms with Crippen LogP contribution in [-0.2, 0) is 9.53 Å². The highest BCUT2D eigenvalue weighted by Gasteiger charge is 1.95. The quantitative estimate of drug-likeness (QED) is 0.445. The highest BCUT2D eigenvalue weighted by atomic mass is 16.5. The van der Waals surface area contributed by atoms with Crippen molar-refractivity contribution in [3.8, 4) is 5.75 Å². The molecular formula is C16H20O3. The van der Waals surface area contributed by atoms with Crippen LogP contribution in [0.4, 0.5) is 0 Å². The van der Waals surface area contributed by atoms with Gasteiger partial charge < -0.3 is 9.47 Å². The standard InChI is InChI=1S/C16H20O3/c1-4-18-16(17)10-7-14-5-8-15(9-6-14)19-12-11-13(2)3/h5-11H,4,12H2,1-3H3. The molecule has 0 aromatic heterocycles. The maximum absolute atomic E-state index is 11.1. The third kappa shape index (κ3) is 6.46. The fourth-order valence-corrected chi connectivity index (χ4v) is 1.33. The van der Waals surface area contributed by atoms with Crippen molar-refractivity contribution in [1.82, 2.24) is 0 Å². The van der Waals surface area contributed by atoms with E-state index in [1.807, 2.05) is 44.2 Å². The second-order valence-electron chi connectivity index (χ2n) is 4.25. The number of hydrogen-bond acceptors (Lipinski definition) is 3. The zero-order chi connectivity index (χ0) is 14.1. The summed E-state index contributed by atoms with van der Waals surface area (Å²) in [5.74, 6) is 0.483. The number of esters is 1. The fourth-order valence-electron chi connectivity index (χ4n) is 1.33. The van der Waals surface area contributed by atoms with Crippen LogP contribution in [0.2, 0.25) is 0 Å². The van der Waals surface area contributed by atoms with E-state index < -0.39 is 0 Å². The molecule has 0 N–H and O–H groups in total. The Morgan fingerprint density at radius 2 is 1.89 bits per heavy atom. The van der Waals surface area contributed by atoms with Crippen LogP contribution in [0.15, 0.2) is 42.0 Å². The molecule has 0 spiro atoms. The lowest BCUT2D eigenvalue weighted by Gasteiger charge is -2.03. The molecule has 1 aromatic carbocycles. The fraction of sp³-hybridized carbons (Fsp3) is 0.312. The first kappa shape index (κ1) is 15.0. The van der Waals surface area contributed by atoms with Gasteiger partial charge in [0.15, 0.2) is 0 Å². The minimum Gasteiger partial charge on any atom is -0.490 e. The summed E-state index contributed by atoms with van der Waals surface area (Å²) in [7, 11) is 0. The molecule has 102 valence electrons. The SMILES string of the molecule is CCOC(=O)C=Cc1ccc(OCC=C(C)C)cc1. The number of rotatable bonds is 6. The van der Waals surface area contributed by atoms with Gasteiger partial charge in [-0.3, -0.25) is 0 Å². The Morgan fingerprint density at radius 3 is 2.47 bits per heavy atom. The van der Waals surface area contributed by atoms with Crippen molar-refractivity contribution in [3.63, 3.8) is 0 Å². The summed E-state index contributed by atoms with van der Waals surface area (Å²) in [6.07, 6.45) is 5.16. The molecule has 1 aromatic rings. The Labute approximate surface area is 114 Å². The third-order valence-electron chi connectivity index (χ3n) is 2.32. The van der Waals surface area contributed by atoms with Crippen molar-refractivity contribution < 1.29 is 14.3 Å². The molecule has 0 aliphatic rings. The smallest absolute Gasteiger partial charge is 0.330 e. The molecule has 0 atom stereocenters. The van der Waals surface area contributed by atoms with E-state index in [-0.39, 0.29) is 5.97 Å². The van der Waals surface area contributed by atoms with Crippen LogP contribution < -0.4 is 4.74 Å². The average molecular weight is 260 g/mol. The summed E-state index contributed by atoms with van der Waals surface area (Å²) < 4.78 is 10.3. The molecule has 19 heavy (non-hydrogen) atoms. The zero-order valence-corrected chi connectivity index (χ0v) is 11.7. The van der Waals surface area contributed by atoms with Crippen LogP contribution in [0.3, 0.4) is 0 Å². The number of benzene rings is 1. The van der Waals surface area contributed by atoms with E-state index in [0.29, 0.717) is 13.2 Å². The number of allylic oxidation sites excluding steroid dienone is 1. The normalized spacial score (nSPS) is 10.3. The third-order valence-corrected chi connectivity index (χ3v) is 2.32. The summed E-state index contributed by atoms with van der Waals surface area (Å²) in [5, 5.41) is 0. The van der Waals surface area contributed by atoms with Gasteiger partial charge >= 0.3 is 5.97 Å². The number of carbonyl (C=O) groups excluding carboxylic acids is 1. The highest BCUT2D eigenvalue weighted by Crippen LogP contribution is 2.13. The molecule has 0 unspecified atom stereocenters. The van der Waals surface area contributed by atoms with Crippen molar-refractivity contribution in [1.29, 1.82) is 0 Å². The van der Waals surface area contributed by atoms with E-state index in [2.05, 4.69) is 0 Å². The van der Waals surface area contributed by atoms with E-state index in [9.17, 15) is 4.79 Å². The van der Waals surface area contributed by atoms with Gasteiger partial charge in [0.05, 0.1) is 6.61 Å². The first-order chi connectivity index (χ1) is 9.11. The number of carbonyl (C=O) groups is 1. The van der Waals surface area contributed by atoms with Crippen molar-refractivity contribution in [2.75, 3.05) is 13.2 Å². The maximum atomic E-state index is 11.1. The van der Waals surface area contributed by atoms with Gasteiger partial charge in [-0.1, -0.05) is 17.7 Å². The lowest BCUT2D eigenvalue weighted by molar-refractivity contribution is -0.137.